The second-order valence-corrected chi connectivity index (χ2v) is 5.66. The fourth-order valence-corrected chi connectivity index (χ4v) is 2.99. The molecule has 4 aromatic rings. The van der Waals surface area contributed by atoms with E-state index in [4.69, 9.17) is 5.26 Å². The number of pyridine rings is 1. The van der Waals surface area contributed by atoms with Crippen LogP contribution in [0.1, 0.15) is 29.3 Å². The zero-order valence-electron chi connectivity index (χ0n) is 13.5. The zero-order chi connectivity index (χ0) is 17.9. The molecule has 1 unspecified atom stereocenters. The molecule has 0 aliphatic rings. The van der Waals surface area contributed by atoms with Crippen molar-refractivity contribution in [2.75, 3.05) is 0 Å². The first-order valence-corrected chi connectivity index (χ1v) is 7.86. The normalized spacial score (nSPS) is 11.8. The van der Waals surface area contributed by atoms with Crippen molar-refractivity contribution in [2.45, 2.75) is 12.3 Å². The molecule has 1 atom stereocenters. The van der Waals surface area contributed by atoms with Gasteiger partial charge in [0.05, 0.1) is 23.7 Å². The molecule has 4 heterocycles. The Bertz CT molecular complexity index is 1140. The van der Waals surface area contributed by atoms with Crippen LogP contribution in [0.2, 0.25) is 0 Å². The lowest BCUT2D eigenvalue weighted by molar-refractivity contribution is 0.788. The molecule has 26 heavy (non-hydrogen) atoms. The number of hydrogen-bond acceptors (Lipinski definition) is 6. The Hall–Kier alpha value is -4.04. The molecule has 0 radical (unpaired) electrons. The van der Waals surface area contributed by atoms with Crippen molar-refractivity contribution < 1.29 is 0 Å². The molecule has 8 nitrogen and oxygen atoms in total. The highest BCUT2D eigenvalue weighted by atomic mass is 15.1. The van der Waals surface area contributed by atoms with Crippen LogP contribution in [0.25, 0.3) is 22.3 Å². The highest BCUT2D eigenvalue weighted by Crippen LogP contribution is 2.35. The predicted octanol–water partition coefficient (Wildman–Crippen LogP) is 2.66. The van der Waals surface area contributed by atoms with Gasteiger partial charge in [-0.25, -0.2) is 15.0 Å². The molecule has 0 saturated carbocycles. The van der Waals surface area contributed by atoms with E-state index in [0.29, 0.717) is 5.69 Å². The number of nitrogens with one attached hydrogen (secondary N) is 2. The van der Waals surface area contributed by atoms with Crippen LogP contribution in [-0.4, -0.2) is 30.1 Å². The van der Waals surface area contributed by atoms with Gasteiger partial charge in [-0.15, -0.1) is 0 Å². The smallest absolute Gasteiger partial charge is 0.141 e. The summed E-state index contributed by atoms with van der Waals surface area (Å²) in [4.78, 5) is 15.8. The highest BCUT2D eigenvalue weighted by Gasteiger charge is 2.23. The molecule has 0 aliphatic heterocycles. The van der Waals surface area contributed by atoms with Gasteiger partial charge in [0.25, 0.3) is 0 Å². The first kappa shape index (κ1) is 15.5. The van der Waals surface area contributed by atoms with Crippen molar-refractivity contribution in [1.82, 2.24) is 30.1 Å². The summed E-state index contributed by atoms with van der Waals surface area (Å²) in [7, 11) is 0. The Morgan fingerprint density at radius 2 is 2.00 bits per heavy atom. The van der Waals surface area contributed by atoms with E-state index in [0.717, 1.165) is 33.5 Å². The van der Waals surface area contributed by atoms with Crippen LogP contribution in [0.5, 0.6) is 0 Å². The number of H-pyrrole nitrogens is 2. The fourth-order valence-electron chi connectivity index (χ4n) is 2.99. The largest absolute Gasteiger partial charge is 0.346 e. The summed E-state index contributed by atoms with van der Waals surface area (Å²) in [6.07, 6.45) is 6.86. The quantitative estimate of drug-likeness (QED) is 0.587. The molecule has 0 spiro atoms. The molecule has 8 heteroatoms. The Labute approximate surface area is 148 Å². The molecule has 0 saturated heterocycles. The van der Waals surface area contributed by atoms with Gasteiger partial charge in [0.1, 0.15) is 23.7 Å². The van der Waals surface area contributed by atoms with E-state index in [2.05, 4.69) is 36.2 Å². The Kier molecular flexibility index (Phi) is 3.85. The van der Waals surface area contributed by atoms with E-state index in [9.17, 15) is 5.26 Å². The van der Waals surface area contributed by atoms with Crippen LogP contribution in [-0.2, 0) is 0 Å². The van der Waals surface area contributed by atoms with Gasteiger partial charge in [-0.1, -0.05) is 6.07 Å². The fraction of sp³-hybridized carbons (Fsp3) is 0.111. The van der Waals surface area contributed by atoms with Gasteiger partial charge in [0, 0.05) is 35.7 Å². The van der Waals surface area contributed by atoms with Gasteiger partial charge < -0.3 is 4.98 Å². The Balaban J connectivity index is 1.84. The van der Waals surface area contributed by atoms with Crippen LogP contribution < -0.4 is 0 Å². The van der Waals surface area contributed by atoms with Gasteiger partial charge >= 0.3 is 0 Å². The van der Waals surface area contributed by atoms with E-state index < -0.39 is 0 Å². The molecule has 0 aromatic carbocycles. The third-order valence-corrected chi connectivity index (χ3v) is 4.23. The van der Waals surface area contributed by atoms with Crippen molar-refractivity contribution in [3.05, 3.63) is 60.1 Å². The summed E-state index contributed by atoms with van der Waals surface area (Å²) < 4.78 is 0. The number of hydrogen-bond donors (Lipinski definition) is 2. The third-order valence-electron chi connectivity index (χ3n) is 4.23. The summed E-state index contributed by atoms with van der Waals surface area (Å²) in [5.74, 6) is -0.262. The Morgan fingerprint density at radius 1 is 1.08 bits per heavy atom. The topological polar surface area (TPSA) is 131 Å². The number of aromatic nitrogens is 6. The highest BCUT2D eigenvalue weighted by molar-refractivity contribution is 5.91. The molecule has 0 fully saturated rings. The SMILES string of the molecule is N#CCC(c1ccc(C#N)nc1)c1[nH]ncc1-c1ncnc2[nH]ccc12. The molecule has 4 rings (SSSR count). The minimum Gasteiger partial charge on any atom is -0.346 e. The zero-order valence-corrected chi connectivity index (χ0v) is 13.5. The van der Waals surface area contributed by atoms with Crippen LogP contribution in [0.3, 0.4) is 0 Å². The van der Waals surface area contributed by atoms with E-state index in [1.54, 1.807) is 24.7 Å². The summed E-state index contributed by atoms with van der Waals surface area (Å²) in [6, 6.07) is 9.57. The van der Waals surface area contributed by atoms with Crippen molar-refractivity contribution in [1.29, 1.82) is 10.5 Å². The first-order valence-electron chi connectivity index (χ1n) is 7.86. The molecule has 2 N–H and O–H groups in total. The molecule has 124 valence electrons. The summed E-state index contributed by atoms with van der Waals surface area (Å²) in [6.45, 7) is 0. The van der Waals surface area contributed by atoms with Crippen molar-refractivity contribution in [3.8, 4) is 23.4 Å². The molecular weight excluding hydrogens is 328 g/mol. The summed E-state index contributed by atoms with van der Waals surface area (Å²) in [5.41, 5.74) is 4.22. The number of nitriles is 2. The van der Waals surface area contributed by atoms with Gasteiger partial charge in [0.2, 0.25) is 0 Å². The molecule has 0 bridgehead atoms. The van der Waals surface area contributed by atoms with Crippen molar-refractivity contribution in [3.63, 3.8) is 0 Å². The van der Waals surface area contributed by atoms with Gasteiger partial charge in [-0.05, 0) is 17.7 Å². The standard InChI is InChI=1S/C18H12N8/c19-5-3-13(11-1-2-12(7-20)22-8-11)17-15(9-25-26-17)16-14-4-6-21-18(14)24-10-23-16/h1-2,4,6,8-10,13H,3H2,(H,25,26)(H,21,23,24). The second-order valence-electron chi connectivity index (χ2n) is 5.66. The van der Waals surface area contributed by atoms with Crippen molar-refractivity contribution >= 4 is 11.0 Å². The van der Waals surface area contributed by atoms with Crippen LogP contribution >= 0.6 is 0 Å². The predicted molar refractivity (Wildman–Crippen MR) is 92.5 cm³/mol. The number of rotatable bonds is 4. The average molecular weight is 340 g/mol. The van der Waals surface area contributed by atoms with Crippen LogP contribution in [0.15, 0.2) is 43.1 Å². The summed E-state index contributed by atoms with van der Waals surface area (Å²) in [5, 5.41) is 26.3. The number of fused-ring (bicyclic) bond motifs is 1. The molecular formula is C18H12N8. The van der Waals surface area contributed by atoms with Gasteiger partial charge in [-0.3, -0.25) is 5.10 Å². The van der Waals surface area contributed by atoms with Gasteiger partial charge in [0.15, 0.2) is 0 Å². The van der Waals surface area contributed by atoms with Gasteiger partial charge in [-0.2, -0.15) is 15.6 Å². The lowest BCUT2D eigenvalue weighted by Gasteiger charge is -2.14. The Morgan fingerprint density at radius 3 is 2.77 bits per heavy atom. The molecule has 4 aromatic heterocycles. The molecule has 0 aliphatic carbocycles. The van der Waals surface area contributed by atoms with E-state index in [-0.39, 0.29) is 12.3 Å². The second kappa shape index (κ2) is 6.46. The molecule has 0 amide bonds. The summed E-state index contributed by atoms with van der Waals surface area (Å²) >= 11 is 0. The van der Waals surface area contributed by atoms with Crippen LogP contribution in [0.4, 0.5) is 0 Å². The third kappa shape index (κ3) is 2.56. The van der Waals surface area contributed by atoms with Crippen LogP contribution in [0, 0.1) is 22.7 Å². The van der Waals surface area contributed by atoms with Crippen molar-refractivity contribution in [2.24, 2.45) is 0 Å². The minimum atomic E-state index is -0.262. The van der Waals surface area contributed by atoms with E-state index >= 15 is 0 Å². The maximum atomic E-state index is 9.31. The van der Waals surface area contributed by atoms with E-state index in [1.807, 2.05) is 18.2 Å². The first-order chi connectivity index (χ1) is 12.8. The maximum absolute atomic E-state index is 9.31. The lowest BCUT2D eigenvalue weighted by Crippen LogP contribution is -2.04. The lowest BCUT2D eigenvalue weighted by atomic mass is 9.90. The number of aromatic amines is 2. The minimum absolute atomic E-state index is 0.240. The number of nitrogens with zero attached hydrogens (tertiary/aromatic N) is 6. The van der Waals surface area contributed by atoms with E-state index in [1.165, 1.54) is 6.33 Å². The monoisotopic (exact) mass is 340 g/mol. The maximum Gasteiger partial charge on any atom is 0.141 e. The average Bonchev–Trinajstić information content (AvgIpc) is 3.35.